The van der Waals surface area contributed by atoms with E-state index in [-0.39, 0.29) is 11.2 Å². The van der Waals surface area contributed by atoms with Crippen molar-refractivity contribution in [1.29, 1.82) is 0 Å². The van der Waals surface area contributed by atoms with E-state index in [2.05, 4.69) is 35.5 Å². The van der Waals surface area contributed by atoms with Gasteiger partial charge in [0.1, 0.15) is 5.52 Å². The highest BCUT2D eigenvalue weighted by Gasteiger charge is 2.11. The lowest BCUT2D eigenvalue weighted by atomic mass is 10.3. The predicted octanol–water partition coefficient (Wildman–Crippen LogP) is 0.647. The van der Waals surface area contributed by atoms with E-state index in [0.717, 1.165) is 39.3 Å². The molecule has 0 bridgehead atoms. The third kappa shape index (κ3) is 5.25. The maximum absolute atomic E-state index is 11.9. The number of anilines is 1. The van der Waals surface area contributed by atoms with Crippen molar-refractivity contribution >= 4 is 34.5 Å². The lowest BCUT2D eigenvalue weighted by molar-refractivity contribution is -0.120. The molecule has 0 atom stereocenters. The van der Waals surface area contributed by atoms with Crippen molar-refractivity contribution in [1.82, 2.24) is 30.2 Å². The van der Waals surface area contributed by atoms with Crippen molar-refractivity contribution in [3.05, 3.63) is 11.6 Å². The van der Waals surface area contributed by atoms with Gasteiger partial charge in [-0.15, -0.1) is 0 Å². The van der Waals surface area contributed by atoms with Crippen LogP contribution in [0.2, 0.25) is 5.28 Å². The predicted molar refractivity (Wildman–Crippen MR) is 94.7 cm³/mol. The molecule has 0 spiro atoms. The van der Waals surface area contributed by atoms with Gasteiger partial charge in [-0.1, -0.05) is 0 Å². The van der Waals surface area contributed by atoms with E-state index in [9.17, 15) is 4.79 Å². The second kappa shape index (κ2) is 8.93. The number of aromatic amines is 1. The molecule has 0 saturated carbocycles. The first kappa shape index (κ1) is 17.8. The standard InChI is InChI=1S/C15H22ClN7O2/c16-15-21-13(12-14(22-15)20-10-19-12)18-4-2-11(24)17-3-1-5-23-6-8-25-9-7-23/h10H,1-9H2,(H,17,24)(H2,18,19,20,21,22). The molecule has 25 heavy (non-hydrogen) atoms. The molecular weight excluding hydrogens is 346 g/mol. The number of imidazole rings is 1. The van der Waals surface area contributed by atoms with Crippen LogP contribution in [0.25, 0.3) is 11.2 Å². The lowest BCUT2D eigenvalue weighted by Gasteiger charge is -2.26. The molecule has 1 saturated heterocycles. The van der Waals surface area contributed by atoms with E-state index in [1.54, 1.807) is 0 Å². The number of fused-ring (bicyclic) bond motifs is 1. The number of carbonyl (C=O) groups excluding carboxylic acids is 1. The Bertz CT molecular complexity index is 702. The van der Waals surface area contributed by atoms with E-state index < -0.39 is 0 Å². The number of rotatable bonds is 8. The molecule has 3 heterocycles. The van der Waals surface area contributed by atoms with Crippen LogP contribution in [0.5, 0.6) is 0 Å². The Hall–Kier alpha value is -1.97. The summed E-state index contributed by atoms with van der Waals surface area (Å²) in [5, 5.41) is 6.15. The van der Waals surface area contributed by atoms with Crippen LogP contribution >= 0.6 is 11.6 Å². The number of nitrogens with zero attached hydrogens (tertiary/aromatic N) is 4. The summed E-state index contributed by atoms with van der Waals surface area (Å²) in [5.41, 5.74) is 1.17. The third-order valence-electron chi connectivity index (χ3n) is 3.98. The van der Waals surface area contributed by atoms with Gasteiger partial charge in [0.15, 0.2) is 11.5 Å². The quantitative estimate of drug-likeness (QED) is 0.464. The number of morpholine rings is 1. The molecule has 3 N–H and O–H groups in total. The topological polar surface area (TPSA) is 108 Å². The smallest absolute Gasteiger partial charge is 0.226 e. The highest BCUT2D eigenvalue weighted by molar-refractivity contribution is 6.28. The van der Waals surface area contributed by atoms with Gasteiger partial charge in [-0.3, -0.25) is 9.69 Å². The van der Waals surface area contributed by atoms with Crippen molar-refractivity contribution in [2.75, 3.05) is 51.3 Å². The Morgan fingerprint density at radius 2 is 2.16 bits per heavy atom. The molecule has 1 aliphatic heterocycles. The minimum Gasteiger partial charge on any atom is -0.379 e. The number of amides is 1. The van der Waals surface area contributed by atoms with Crippen LogP contribution in [0.15, 0.2) is 6.33 Å². The Kier molecular flexibility index (Phi) is 6.37. The molecule has 0 aliphatic carbocycles. The lowest BCUT2D eigenvalue weighted by Crippen LogP contribution is -2.38. The summed E-state index contributed by atoms with van der Waals surface area (Å²) in [5.74, 6) is 0.558. The molecule has 9 nitrogen and oxygen atoms in total. The number of hydrogen-bond donors (Lipinski definition) is 3. The van der Waals surface area contributed by atoms with Gasteiger partial charge < -0.3 is 20.4 Å². The summed E-state index contributed by atoms with van der Waals surface area (Å²) in [4.78, 5) is 29.4. The maximum atomic E-state index is 11.9. The van der Waals surface area contributed by atoms with Crippen LogP contribution in [0.1, 0.15) is 12.8 Å². The zero-order valence-corrected chi connectivity index (χ0v) is 14.7. The number of halogens is 1. The Morgan fingerprint density at radius 3 is 3.00 bits per heavy atom. The minimum absolute atomic E-state index is 0.00971. The van der Waals surface area contributed by atoms with Gasteiger partial charge in [-0.05, 0) is 24.6 Å². The Balaban J connectivity index is 1.34. The van der Waals surface area contributed by atoms with Gasteiger partial charge in [0.05, 0.1) is 19.5 Å². The second-order valence-corrected chi connectivity index (χ2v) is 6.11. The molecule has 1 amide bonds. The first-order chi connectivity index (χ1) is 12.2. The fourth-order valence-corrected chi connectivity index (χ4v) is 2.84. The van der Waals surface area contributed by atoms with Crippen molar-refractivity contribution in [2.45, 2.75) is 12.8 Å². The van der Waals surface area contributed by atoms with Gasteiger partial charge in [-0.2, -0.15) is 9.97 Å². The fourth-order valence-electron chi connectivity index (χ4n) is 2.67. The molecule has 2 aromatic rings. The van der Waals surface area contributed by atoms with Crippen LogP contribution in [0.3, 0.4) is 0 Å². The average molecular weight is 368 g/mol. The molecule has 10 heteroatoms. The van der Waals surface area contributed by atoms with Crippen molar-refractivity contribution in [3.63, 3.8) is 0 Å². The van der Waals surface area contributed by atoms with Gasteiger partial charge in [-0.25, -0.2) is 4.98 Å². The fraction of sp³-hybridized carbons (Fsp3) is 0.600. The molecular formula is C15H22ClN7O2. The van der Waals surface area contributed by atoms with Crippen molar-refractivity contribution < 1.29 is 9.53 Å². The van der Waals surface area contributed by atoms with Gasteiger partial charge in [0, 0.05) is 32.6 Å². The SMILES string of the molecule is O=C(CCNc1nc(Cl)nc2nc[nH]c12)NCCCN1CCOCC1. The van der Waals surface area contributed by atoms with Gasteiger partial charge in [0.2, 0.25) is 11.2 Å². The van der Waals surface area contributed by atoms with Crippen LogP contribution in [0, 0.1) is 0 Å². The number of nitrogens with one attached hydrogen (secondary N) is 3. The third-order valence-corrected chi connectivity index (χ3v) is 4.15. The highest BCUT2D eigenvalue weighted by Crippen LogP contribution is 2.18. The van der Waals surface area contributed by atoms with E-state index >= 15 is 0 Å². The Labute approximate surface area is 150 Å². The van der Waals surface area contributed by atoms with Crippen molar-refractivity contribution in [2.24, 2.45) is 0 Å². The number of hydrogen-bond acceptors (Lipinski definition) is 7. The second-order valence-electron chi connectivity index (χ2n) is 5.78. The largest absolute Gasteiger partial charge is 0.379 e. The summed E-state index contributed by atoms with van der Waals surface area (Å²) in [7, 11) is 0. The molecule has 3 rings (SSSR count). The summed E-state index contributed by atoms with van der Waals surface area (Å²) < 4.78 is 5.31. The minimum atomic E-state index is 0.00971. The number of carbonyl (C=O) groups is 1. The molecule has 136 valence electrons. The molecule has 0 radical (unpaired) electrons. The maximum Gasteiger partial charge on any atom is 0.226 e. The van der Waals surface area contributed by atoms with E-state index in [1.807, 2.05) is 0 Å². The first-order valence-corrected chi connectivity index (χ1v) is 8.77. The molecule has 1 aliphatic rings. The highest BCUT2D eigenvalue weighted by atomic mass is 35.5. The zero-order chi connectivity index (χ0) is 17.5. The van der Waals surface area contributed by atoms with E-state index in [4.69, 9.17) is 16.3 Å². The van der Waals surface area contributed by atoms with Crippen molar-refractivity contribution in [3.8, 4) is 0 Å². The molecule has 2 aromatic heterocycles. The van der Waals surface area contributed by atoms with Gasteiger partial charge >= 0.3 is 0 Å². The zero-order valence-electron chi connectivity index (χ0n) is 13.9. The summed E-state index contributed by atoms with van der Waals surface area (Å²) in [6.07, 6.45) is 2.83. The first-order valence-electron chi connectivity index (χ1n) is 8.39. The van der Waals surface area contributed by atoms with Gasteiger partial charge in [0.25, 0.3) is 0 Å². The summed E-state index contributed by atoms with van der Waals surface area (Å²) in [6.45, 7) is 5.67. The number of aromatic nitrogens is 4. The average Bonchev–Trinajstić information content (AvgIpc) is 3.08. The van der Waals surface area contributed by atoms with Crippen LogP contribution in [-0.2, 0) is 9.53 Å². The summed E-state index contributed by atoms with van der Waals surface area (Å²) >= 11 is 5.86. The summed E-state index contributed by atoms with van der Waals surface area (Å²) in [6, 6.07) is 0. The number of H-pyrrole nitrogens is 1. The molecule has 0 aromatic carbocycles. The molecule has 0 unspecified atom stereocenters. The Morgan fingerprint density at radius 1 is 1.32 bits per heavy atom. The molecule has 1 fully saturated rings. The van der Waals surface area contributed by atoms with E-state index in [0.29, 0.717) is 36.5 Å². The van der Waals surface area contributed by atoms with Crippen LogP contribution < -0.4 is 10.6 Å². The number of ether oxygens (including phenoxy) is 1. The normalized spacial score (nSPS) is 15.4. The van der Waals surface area contributed by atoms with Crippen LogP contribution in [0.4, 0.5) is 5.82 Å². The van der Waals surface area contributed by atoms with Crippen LogP contribution in [-0.4, -0.2) is 76.7 Å². The van der Waals surface area contributed by atoms with E-state index in [1.165, 1.54) is 6.33 Å². The monoisotopic (exact) mass is 367 g/mol.